The van der Waals surface area contributed by atoms with E-state index in [9.17, 15) is 0 Å². The average molecular weight is 776 g/mol. The number of fused-ring (bicyclic) bond motifs is 9. The van der Waals surface area contributed by atoms with Crippen LogP contribution in [0, 0.1) is 0 Å². The van der Waals surface area contributed by atoms with Gasteiger partial charge in [0.2, 0.25) is 0 Å². The zero-order valence-electron chi connectivity index (χ0n) is 31.2. The zero-order chi connectivity index (χ0) is 38.2. The molecular weight excluding hydrogens is 743 g/mol. The summed E-state index contributed by atoms with van der Waals surface area (Å²) in [4.78, 5) is 2.40. The van der Waals surface area contributed by atoms with E-state index in [1.165, 1.54) is 73.7 Å². The molecule has 3 aromatic heterocycles. The maximum Gasteiger partial charge on any atom is 0.159 e. The van der Waals surface area contributed by atoms with E-state index in [1.807, 2.05) is 28.7 Å². The summed E-state index contributed by atoms with van der Waals surface area (Å²) in [6, 6.07) is 72.4. The van der Waals surface area contributed by atoms with Crippen molar-refractivity contribution < 1.29 is 4.42 Å². The molecule has 3 heterocycles. The van der Waals surface area contributed by atoms with Crippen LogP contribution in [0.15, 0.2) is 205 Å². The Morgan fingerprint density at radius 2 is 0.741 bits per heavy atom. The molecule has 9 aromatic carbocycles. The number of benzene rings is 9. The van der Waals surface area contributed by atoms with Gasteiger partial charge in [-0.25, -0.2) is 0 Å². The highest BCUT2D eigenvalue weighted by molar-refractivity contribution is 7.27. The van der Waals surface area contributed by atoms with Crippen LogP contribution >= 0.6 is 22.7 Å². The fraction of sp³-hybridized carbons (Fsp3) is 0. The molecule has 0 unspecified atom stereocenters. The van der Waals surface area contributed by atoms with Gasteiger partial charge in [0.1, 0.15) is 5.58 Å². The first-order valence-electron chi connectivity index (χ1n) is 19.6. The van der Waals surface area contributed by atoms with Gasteiger partial charge in [0, 0.05) is 52.1 Å². The molecule has 12 rings (SSSR count). The van der Waals surface area contributed by atoms with Crippen LogP contribution in [0.3, 0.4) is 0 Å². The summed E-state index contributed by atoms with van der Waals surface area (Å²) in [6.07, 6.45) is 0. The van der Waals surface area contributed by atoms with Crippen LogP contribution in [0.4, 0.5) is 17.1 Å². The fourth-order valence-corrected chi connectivity index (χ4v) is 11.5. The summed E-state index contributed by atoms with van der Waals surface area (Å²) in [5, 5.41) is 7.35. The lowest BCUT2D eigenvalue weighted by molar-refractivity contribution is 0.669. The minimum Gasteiger partial charge on any atom is -0.454 e. The second-order valence-electron chi connectivity index (χ2n) is 14.8. The van der Waals surface area contributed by atoms with Gasteiger partial charge in [-0.05, 0) is 63.7 Å². The molecule has 0 atom stereocenters. The van der Waals surface area contributed by atoms with Gasteiger partial charge in [-0.15, -0.1) is 22.7 Å². The molecule has 0 saturated heterocycles. The third-order valence-electron chi connectivity index (χ3n) is 11.5. The Kier molecular flexibility index (Phi) is 7.62. The van der Waals surface area contributed by atoms with Crippen molar-refractivity contribution in [3.8, 4) is 33.4 Å². The summed E-state index contributed by atoms with van der Waals surface area (Å²) < 4.78 is 11.9. The molecule has 0 spiro atoms. The van der Waals surface area contributed by atoms with E-state index < -0.39 is 0 Å². The first-order valence-corrected chi connectivity index (χ1v) is 21.2. The van der Waals surface area contributed by atoms with Gasteiger partial charge in [0.05, 0.1) is 16.1 Å². The zero-order valence-corrected chi connectivity index (χ0v) is 32.9. The van der Waals surface area contributed by atoms with Crippen LogP contribution in [0.1, 0.15) is 0 Å². The maximum absolute atomic E-state index is 6.73. The van der Waals surface area contributed by atoms with Crippen molar-refractivity contribution >= 4 is 102 Å². The van der Waals surface area contributed by atoms with Crippen molar-refractivity contribution in [2.24, 2.45) is 0 Å². The number of hydrogen-bond acceptors (Lipinski definition) is 4. The van der Waals surface area contributed by atoms with E-state index in [1.54, 1.807) is 0 Å². The van der Waals surface area contributed by atoms with Crippen molar-refractivity contribution in [1.82, 2.24) is 0 Å². The Hall–Kier alpha value is -6.98. The molecule has 0 aliphatic carbocycles. The van der Waals surface area contributed by atoms with Gasteiger partial charge in [-0.2, -0.15) is 0 Å². The molecule has 0 fully saturated rings. The standard InChI is InChI=1S/C54H33NOS2/c1-3-14-34(15-4-1)38-19-9-23-43-44-24-11-21-40(52(44)57-51(38)43)36-30-32-37(33-31-36)55(47-27-12-22-42-41-18-7-8-29-49(41)56-50(42)47)48-28-13-26-46-45-25-10-20-39(53(45)58-54(46)48)35-16-5-2-6-17-35/h1-33H. The molecule has 0 aliphatic heterocycles. The molecular formula is C54H33NOS2. The number of anilines is 3. The molecule has 0 saturated carbocycles. The summed E-state index contributed by atoms with van der Waals surface area (Å²) in [5.41, 5.74) is 12.4. The molecule has 0 radical (unpaired) electrons. The molecule has 0 N–H and O–H groups in total. The smallest absolute Gasteiger partial charge is 0.159 e. The van der Waals surface area contributed by atoms with Crippen LogP contribution in [-0.4, -0.2) is 0 Å². The quantitative estimate of drug-likeness (QED) is 0.167. The predicted molar refractivity (Wildman–Crippen MR) is 250 cm³/mol. The lowest BCUT2D eigenvalue weighted by Gasteiger charge is -2.26. The molecule has 12 aromatic rings. The minimum absolute atomic E-state index is 0.875. The van der Waals surface area contributed by atoms with Crippen LogP contribution in [0.5, 0.6) is 0 Å². The lowest BCUT2D eigenvalue weighted by Crippen LogP contribution is -2.10. The SMILES string of the molecule is c1ccc(-c2cccc3c2sc2c(-c4ccc(N(c5cccc6c5oc5ccccc56)c5cccc6c5sc5c(-c7ccccc7)cccc56)cc4)cccc23)cc1. The Labute approximate surface area is 343 Å². The molecule has 2 nitrogen and oxygen atoms in total. The minimum atomic E-state index is 0.875. The summed E-state index contributed by atoms with van der Waals surface area (Å²) >= 11 is 3.76. The third-order valence-corrected chi connectivity index (χ3v) is 14.1. The predicted octanol–water partition coefficient (Wildman–Crippen LogP) is 16.8. The highest BCUT2D eigenvalue weighted by Crippen LogP contribution is 2.50. The number of hydrogen-bond donors (Lipinski definition) is 0. The number of para-hydroxylation sites is 2. The van der Waals surface area contributed by atoms with Crippen LogP contribution in [0.25, 0.3) is 95.7 Å². The van der Waals surface area contributed by atoms with Crippen molar-refractivity contribution in [1.29, 1.82) is 0 Å². The summed E-state index contributed by atoms with van der Waals surface area (Å²) in [6.45, 7) is 0. The average Bonchev–Trinajstić information content (AvgIpc) is 4.00. The third kappa shape index (κ3) is 5.16. The van der Waals surface area contributed by atoms with E-state index in [0.717, 1.165) is 39.0 Å². The monoisotopic (exact) mass is 775 g/mol. The molecule has 0 aliphatic rings. The van der Waals surface area contributed by atoms with Gasteiger partial charge in [-0.3, -0.25) is 0 Å². The number of furan rings is 1. The Balaban J connectivity index is 1.06. The van der Waals surface area contributed by atoms with Crippen molar-refractivity contribution in [3.05, 3.63) is 200 Å². The van der Waals surface area contributed by atoms with Crippen LogP contribution < -0.4 is 4.90 Å². The molecule has 272 valence electrons. The summed E-state index contributed by atoms with van der Waals surface area (Å²) in [5.74, 6) is 0. The first-order chi connectivity index (χ1) is 28.8. The number of rotatable bonds is 6. The topological polar surface area (TPSA) is 16.4 Å². The van der Waals surface area contributed by atoms with E-state index in [4.69, 9.17) is 4.42 Å². The lowest BCUT2D eigenvalue weighted by atomic mass is 10.00. The molecule has 4 heteroatoms. The number of thiophene rings is 2. The van der Waals surface area contributed by atoms with Crippen LogP contribution in [-0.2, 0) is 0 Å². The largest absolute Gasteiger partial charge is 0.454 e. The van der Waals surface area contributed by atoms with Gasteiger partial charge < -0.3 is 9.32 Å². The molecule has 0 bridgehead atoms. The second-order valence-corrected chi connectivity index (χ2v) is 16.8. The van der Waals surface area contributed by atoms with Crippen molar-refractivity contribution in [2.75, 3.05) is 4.90 Å². The van der Waals surface area contributed by atoms with E-state index >= 15 is 0 Å². The van der Waals surface area contributed by atoms with E-state index in [-0.39, 0.29) is 0 Å². The Bertz CT molecular complexity index is 3500. The van der Waals surface area contributed by atoms with Gasteiger partial charge in [0.15, 0.2) is 5.58 Å². The Morgan fingerprint density at radius 3 is 1.33 bits per heavy atom. The van der Waals surface area contributed by atoms with E-state index in [2.05, 4.69) is 199 Å². The Morgan fingerprint density at radius 1 is 0.310 bits per heavy atom. The van der Waals surface area contributed by atoms with Gasteiger partial charge in [-0.1, -0.05) is 170 Å². The second kappa shape index (κ2) is 13.3. The normalized spacial score (nSPS) is 11.8. The first kappa shape index (κ1) is 33.2. The van der Waals surface area contributed by atoms with Crippen LogP contribution in [0.2, 0.25) is 0 Å². The number of nitrogens with zero attached hydrogens (tertiary/aromatic N) is 1. The highest BCUT2D eigenvalue weighted by atomic mass is 32.1. The van der Waals surface area contributed by atoms with Gasteiger partial charge >= 0.3 is 0 Å². The van der Waals surface area contributed by atoms with Gasteiger partial charge in [0.25, 0.3) is 0 Å². The van der Waals surface area contributed by atoms with Crippen molar-refractivity contribution in [2.45, 2.75) is 0 Å². The molecule has 58 heavy (non-hydrogen) atoms. The fourth-order valence-electron chi connectivity index (χ4n) is 8.83. The molecule has 0 amide bonds. The highest BCUT2D eigenvalue weighted by Gasteiger charge is 2.23. The van der Waals surface area contributed by atoms with Crippen molar-refractivity contribution in [3.63, 3.8) is 0 Å². The summed E-state index contributed by atoms with van der Waals surface area (Å²) in [7, 11) is 0. The van der Waals surface area contributed by atoms with E-state index in [0.29, 0.717) is 0 Å². The maximum atomic E-state index is 6.73.